The van der Waals surface area contributed by atoms with Gasteiger partial charge in [0.05, 0.1) is 0 Å². The molecule has 0 bridgehead atoms. The van der Waals surface area contributed by atoms with Crippen molar-refractivity contribution in [3.63, 3.8) is 0 Å². The third-order valence-corrected chi connectivity index (χ3v) is 8.18. The Balaban J connectivity index is 1.40. The molecule has 0 saturated carbocycles. The van der Waals surface area contributed by atoms with Crippen molar-refractivity contribution in [1.82, 2.24) is 0 Å². The zero-order valence-electron chi connectivity index (χ0n) is 22.5. The van der Waals surface area contributed by atoms with E-state index in [9.17, 15) is 0 Å². The van der Waals surface area contributed by atoms with Gasteiger partial charge in [0.25, 0.3) is 0 Å². The number of furan rings is 1. The third kappa shape index (κ3) is 3.78. The highest BCUT2D eigenvalue weighted by Gasteiger charge is 2.18. The van der Waals surface area contributed by atoms with Gasteiger partial charge in [-0.25, -0.2) is 0 Å². The Bertz CT molecular complexity index is 2240. The highest BCUT2D eigenvalue weighted by molar-refractivity contribution is 6.24. The molecule has 41 heavy (non-hydrogen) atoms. The minimum absolute atomic E-state index is 0.820. The molecular weight excluding hydrogens is 496 g/mol. The molecule has 0 fully saturated rings. The molecule has 1 heterocycles. The summed E-state index contributed by atoms with van der Waals surface area (Å²) in [6.45, 7) is 4.56. The van der Waals surface area contributed by atoms with E-state index in [-0.39, 0.29) is 0 Å². The number of para-hydroxylation sites is 1. The van der Waals surface area contributed by atoms with Crippen molar-refractivity contribution in [1.29, 1.82) is 0 Å². The molecule has 8 rings (SSSR count). The summed E-state index contributed by atoms with van der Waals surface area (Å²) in [4.78, 5) is 0. The van der Waals surface area contributed by atoms with Crippen LogP contribution in [-0.4, -0.2) is 0 Å². The number of hydrogen-bond acceptors (Lipinski definition) is 1. The largest absolute Gasteiger partial charge is 0.457 e. The van der Waals surface area contributed by atoms with E-state index in [0.717, 1.165) is 27.9 Å². The minimum atomic E-state index is 0.820. The summed E-state index contributed by atoms with van der Waals surface area (Å²) in [5, 5.41) is 11.0. The van der Waals surface area contributed by atoms with Crippen molar-refractivity contribution in [2.75, 3.05) is 0 Å². The van der Waals surface area contributed by atoms with E-state index in [0.29, 0.717) is 0 Å². The summed E-state index contributed by atoms with van der Waals surface area (Å²) in [5.41, 5.74) is 5.50. The first-order valence-electron chi connectivity index (χ1n) is 14.0. The number of benzene rings is 7. The van der Waals surface area contributed by atoms with Crippen LogP contribution in [0.25, 0.3) is 76.8 Å². The summed E-state index contributed by atoms with van der Waals surface area (Å²) >= 11 is 0. The van der Waals surface area contributed by atoms with Crippen molar-refractivity contribution >= 4 is 65.7 Å². The maximum absolute atomic E-state index is 6.05. The molecule has 0 aliphatic heterocycles. The van der Waals surface area contributed by atoms with E-state index in [1.807, 2.05) is 24.3 Å². The van der Waals surface area contributed by atoms with Crippen molar-refractivity contribution in [2.24, 2.45) is 0 Å². The first-order valence-corrected chi connectivity index (χ1v) is 14.0. The Morgan fingerprint density at radius 2 is 1.05 bits per heavy atom. The molecule has 192 valence electrons. The van der Waals surface area contributed by atoms with E-state index in [2.05, 4.69) is 128 Å². The van der Waals surface area contributed by atoms with Gasteiger partial charge in [-0.2, -0.15) is 0 Å². The van der Waals surface area contributed by atoms with E-state index in [4.69, 9.17) is 4.42 Å². The molecule has 0 amide bonds. The second kappa shape index (κ2) is 9.36. The SMILES string of the molecule is C=C(/C=C\c1cc2ccccc2o1)c1c2ccccc2c(-c2cc3ccccc3c3ccccc23)c2ccccc12. The summed E-state index contributed by atoms with van der Waals surface area (Å²) in [6, 6.07) is 47.5. The van der Waals surface area contributed by atoms with Crippen LogP contribution in [0.3, 0.4) is 0 Å². The molecule has 1 heteroatoms. The fraction of sp³-hybridized carbons (Fsp3) is 0. The lowest BCUT2D eigenvalue weighted by Crippen LogP contribution is -1.93. The predicted octanol–water partition coefficient (Wildman–Crippen LogP) is 11.4. The average molecular weight is 523 g/mol. The van der Waals surface area contributed by atoms with Gasteiger partial charge in [0.1, 0.15) is 11.3 Å². The second-order valence-corrected chi connectivity index (χ2v) is 10.6. The van der Waals surface area contributed by atoms with Gasteiger partial charge in [0, 0.05) is 5.39 Å². The number of hydrogen-bond donors (Lipinski definition) is 0. The number of fused-ring (bicyclic) bond motifs is 6. The van der Waals surface area contributed by atoms with Crippen molar-refractivity contribution in [3.05, 3.63) is 157 Å². The highest BCUT2D eigenvalue weighted by Crippen LogP contribution is 2.45. The van der Waals surface area contributed by atoms with Gasteiger partial charge in [0.15, 0.2) is 0 Å². The van der Waals surface area contributed by atoms with Crippen LogP contribution in [0.1, 0.15) is 11.3 Å². The third-order valence-electron chi connectivity index (χ3n) is 8.18. The molecule has 7 aromatic carbocycles. The number of allylic oxidation sites excluding steroid dienone is 2. The average Bonchev–Trinajstić information content (AvgIpc) is 3.45. The van der Waals surface area contributed by atoms with E-state index in [1.54, 1.807) is 0 Å². The molecule has 0 aliphatic rings. The van der Waals surface area contributed by atoms with Crippen LogP contribution in [0.5, 0.6) is 0 Å². The Morgan fingerprint density at radius 3 is 1.73 bits per heavy atom. The van der Waals surface area contributed by atoms with Gasteiger partial charge in [0.2, 0.25) is 0 Å². The minimum Gasteiger partial charge on any atom is -0.457 e. The maximum Gasteiger partial charge on any atom is 0.134 e. The molecule has 0 unspecified atom stereocenters. The van der Waals surface area contributed by atoms with Crippen LogP contribution < -0.4 is 0 Å². The fourth-order valence-electron chi connectivity index (χ4n) is 6.38. The maximum atomic E-state index is 6.05. The second-order valence-electron chi connectivity index (χ2n) is 10.6. The van der Waals surface area contributed by atoms with Crippen molar-refractivity contribution in [2.45, 2.75) is 0 Å². The molecule has 8 aromatic rings. The van der Waals surface area contributed by atoms with Crippen LogP contribution in [0, 0.1) is 0 Å². The van der Waals surface area contributed by atoms with Crippen LogP contribution in [0.15, 0.2) is 151 Å². The molecule has 1 aromatic heterocycles. The monoisotopic (exact) mass is 522 g/mol. The predicted molar refractivity (Wildman–Crippen MR) is 176 cm³/mol. The normalized spacial score (nSPS) is 11.9. The highest BCUT2D eigenvalue weighted by atomic mass is 16.3. The Hall–Kier alpha value is -5.40. The molecule has 0 saturated heterocycles. The first kappa shape index (κ1) is 23.5. The molecule has 0 spiro atoms. The van der Waals surface area contributed by atoms with E-state index in [1.165, 1.54) is 54.2 Å². The molecule has 0 atom stereocenters. The summed E-state index contributed by atoms with van der Waals surface area (Å²) in [7, 11) is 0. The first-order chi connectivity index (χ1) is 20.3. The van der Waals surface area contributed by atoms with Gasteiger partial charge < -0.3 is 4.42 Å². The summed E-state index contributed by atoms with van der Waals surface area (Å²) in [5.74, 6) is 0.820. The zero-order chi connectivity index (χ0) is 27.3. The van der Waals surface area contributed by atoms with Gasteiger partial charge in [-0.05, 0) is 89.6 Å². The van der Waals surface area contributed by atoms with E-state index < -0.39 is 0 Å². The standard InChI is InChI=1S/C40H26O/c1-26(22-23-29-24-28-13-3-11-21-38(28)41-29)39-33-17-7-9-19-35(33)40(36-20-10-8-18-34(36)39)37-25-27-12-2-4-14-30(27)31-15-5-6-16-32(31)37/h2-25H,1H2/b23-22-. The summed E-state index contributed by atoms with van der Waals surface area (Å²) < 4.78 is 6.05. The molecule has 1 nitrogen and oxygen atoms in total. The fourth-order valence-corrected chi connectivity index (χ4v) is 6.38. The molecular formula is C40H26O. The van der Waals surface area contributed by atoms with Gasteiger partial charge in [-0.1, -0.05) is 128 Å². The van der Waals surface area contributed by atoms with Crippen molar-refractivity contribution < 1.29 is 4.42 Å². The number of rotatable bonds is 4. The topological polar surface area (TPSA) is 13.1 Å². The molecule has 0 aliphatic carbocycles. The Kier molecular flexibility index (Phi) is 5.36. The molecule has 0 radical (unpaired) electrons. The van der Waals surface area contributed by atoms with Crippen LogP contribution in [0.2, 0.25) is 0 Å². The lowest BCUT2D eigenvalue weighted by atomic mass is 9.84. The zero-order valence-corrected chi connectivity index (χ0v) is 22.5. The van der Waals surface area contributed by atoms with Gasteiger partial charge >= 0.3 is 0 Å². The smallest absolute Gasteiger partial charge is 0.134 e. The van der Waals surface area contributed by atoms with Gasteiger partial charge in [-0.15, -0.1) is 0 Å². The van der Waals surface area contributed by atoms with Gasteiger partial charge in [-0.3, -0.25) is 0 Å². The van der Waals surface area contributed by atoms with Crippen LogP contribution >= 0.6 is 0 Å². The lowest BCUT2D eigenvalue weighted by molar-refractivity contribution is 0.604. The van der Waals surface area contributed by atoms with Crippen molar-refractivity contribution in [3.8, 4) is 11.1 Å². The lowest BCUT2D eigenvalue weighted by Gasteiger charge is -2.19. The summed E-state index contributed by atoms with van der Waals surface area (Å²) in [6.07, 6.45) is 4.10. The quantitative estimate of drug-likeness (QED) is 0.127. The Labute approximate surface area is 238 Å². The van der Waals surface area contributed by atoms with E-state index >= 15 is 0 Å². The Morgan fingerprint density at radius 1 is 0.512 bits per heavy atom. The van der Waals surface area contributed by atoms with Crippen LogP contribution in [0.4, 0.5) is 0 Å². The van der Waals surface area contributed by atoms with Crippen LogP contribution in [-0.2, 0) is 0 Å². The molecule has 0 N–H and O–H groups in total.